The summed E-state index contributed by atoms with van der Waals surface area (Å²) in [7, 11) is 0. The van der Waals surface area contributed by atoms with Crippen molar-refractivity contribution in [1.82, 2.24) is 0 Å². The fourth-order valence-corrected chi connectivity index (χ4v) is 9.52. The van der Waals surface area contributed by atoms with Crippen LogP contribution in [0.3, 0.4) is 0 Å². The summed E-state index contributed by atoms with van der Waals surface area (Å²) >= 11 is 0. The standard InChI is InChI=1S/C27H46/c1-18(2)9-10-19(3)21-11-12-23-24-20(4)25(5)14-8-15-26(6,17-25)22(24)13-16-27(21,23)7/h19-24H,1,8-17H2,2-7H3. The minimum atomic E-state index is 0.613. The van der Waals surface area contributed by atoms with Gasteiger partial charge < -0.3 is 0 Å². The van der Waals surface area contributed by atoms with Crippen molar-refractivity contribution in [2.24, 2.45) is 51.8 Å². The van der Waals surface area contributed by atoms with E-state index in [0.29, 0.717) is 16.2 Å². The van der Waals surface area contributed by atoms with Gasteiger partial charge in [0.15, 0.2) is 0 Å². The zero-order chi connectivity index (χ0) is 19.6. The van der Waals surface area contributed by atoms with E-state index in [2.05, 4.69) is 48.1 Å². The Morgan fingerprint density at radius 1 is 1.00 bits per heavy atom. The molecule has 4 saturated carbocycles. The van der Waals surface area contributed by atoms with Crippen LogP contribution < -0.4 is 0 Å². The minimum Gasteiger partial charge on any atom is -0.100 e. The van der Waals surface area contributed by atoms with Gasteiger partial charge in [-0.1, -0.05) is 46.6 Å². The summed E-state index contributed by atoms with van der Waals surface area (Å²) in [6, 6.07) is 0. The Hall–Kier alpha value is -0.260. The highest BCUT2D eigenvalue weighted by atomic mass is 14.7. The maximum atomic E-state index is 4.16. The van der Waals surface area contributed by atoms with E-state index in [0.717, 1.165) is 35.5 Å². The van der Waals surface area contributed by atoms with Crippen LogP contribution in [0.25, 0.3) is 0 Å². The molecule has 9 atom stereocenters. The van der Waals surface area contributed by atoms with Crippen molar-refractivity contribution in [2.45, 2.75) is 106 Å². The van der Waals surface area contributed by atoms with Crippen LogP contribution in [0, 0.1) is 51.8 Å². The molecule has 0 N–H and O–H groups in total. The molecule has 2 bridgehead atoms. The van der Waals surface area contributed by atoms with Gasteiger partial charge in [0, 0.05) is 0 Å². The van der Waals surface area contributed by atoms with Crippen molar-refractivity contribution in [3.05, 3.63) is 12.2 Å². The molecule has 0 heteroatoms. The van der Waals surface area contributed by atoms with E-state index >= 15 is 0 Å². The van der Waals surface area contributed by atoms with E-state index in [1.54, 1.807) is 0 Å². The van der Waals surface area contributed by atoms with Gasteiger partial charge in [-0.15, -0.1) is 6.58 Å². The highest BCUT2D eigenvalue weighted by Crippen LogP contribution is 2.72. The predicted molar refractivity (Wildman–Crippen MR) is 118 cm³/mol. The summed E-state index contributed by atoms with van der Waals surface area (Å²) in [5, 5.41) is 0. The van der Waals surface area contributed by atoms with Gasteiger partial charge in [0.25, 0.3) is 0 Å². The lowest BCUT2D eigenvalue weighted by atomic mass is 9.39. The van der Waals surface area contributed by atoms with E-state index in [9.17, 15) is 0 Å². The summed E-state index contributed by atoms with van der Waals surface area (Å²) in [6.07, 6.45) is 14.7. The van der Waals surface area contributed by atoms with E-state index < -0.39 is 0 Å². The zero-order valence-corrected chi connectivity index (χ0v) is 19.2. The summed E-state index contributed by atoms with van der Waals surface area (Å²) in [5.41, 5.74) is 3.26. The monoisotopic (exact) mass is 370 g/mol. The van der Waals surface area contributed by atoms with Crippen LogP contribution in [0.4, 0.5) is 0 Å². The summed E-state index contributed by atoms with van der Waals surface area (Å²) in [6.45, 7) is 19.7. The van der Waals surface area contributed by atoms with E-state index in [4.69, 9.17) is 0 Å². The molecule has 4 aliphatic rings. The van der Waals surface area contributed by atoms with Crippen molar-refractivity contribution in [2.75, 3.05) is 0 Å². The Kier molecular flexibility index (Phi) is 4.92. The molecule has 154 valence electrons. The summed E-state index contributed by atoms with van der Waals surface area (Å²) in [5.74, 6) is 5.79. The first-order chi connectivity index (χ1) is 12.6. The Morgan fingerprint density at radius 2 is 1.70 bits per heavy atom. The first-order valence-electron chi connectivity index (χ1n) is 12.3. The molecule has 0 radical (unpaired) electrons. The molecule has 0 aromatic rings. The van der Waals surface area contributed by atoms with Crippen LogP contribution in [-0.4, -0.2) is 0 Å². The lowest BCUT2D eigenvalue weighted by Crippen LogP contribution is -2.58. The normalized spacial score (nSPS) is 52.7. The topological polar surface area (TPSA) is 0 Å². The first-order valence-corrected chi connectivity index (χ1v) is 12.3. The second kappa shape index (κ2) is 6.63. The van der Waals surface area contributed by atoms with Crippen LogP contribution in [0.1, 0.15) is 106 Å². The van der Waals surface area contributed by atoms with Gasteiger partial charge in [0.2, 0.25) is 0 Å². The Balaban J connectivity index is 1.61. The van der Waals surface area contributed by atoms with Gasteiger partial charge in [-0.3, -0.25) is 0 Å². The summed E-state index contributed by atoms with van der Waals surface area (Å²) in [4.78, 5) is 0. The Bertz CT molecular complexity index is 589. The fourth-order valence-electron chi connectivity index (χ4n) is 9.52. The van der Waals surface area contributed by atoms with Crippen molar-refractivity contribution in [3.63, 3.8) is 0 Å². The molecule has 0 nitrogen and oxygen atoms in total. The third kappa shape index (κ3) is 2.98. The molecule has 0 heterocycles. The summed E-state index contributed by atoms with van der Waals surface area (Å²) < 4.78 is 0. The second-order valence-corrected chi connectivity index (χ2v) is 12.6. The average molecular weight is 371 g/mol. The molecule has 4 aliphatic carbocycles. The first kappa shape index (κ1) is 20.0. The average Bonchev–Trinajstić information content (AvgIpc) is 2.94. The molecule has 4 fully saturated rings. The third-order valence-electron chi connectivity index (χ3n) is 11.0. The van der Waals surface area contributed by atoms with E-state index in [1.165, 1.54) is 69.8 Å². The molecule has 0 saturated heterocycles. The van der Waals surface area contributed by atoms with Crippen molar-refractivity contribution in [1.29, 1.82) is 0 Å². The van der Waals surface area contributed by atoms with Crippen molar-refractivity contribution in [3.8, 4) is 0 Å². The Labute approximate surface area is 170 Å². The molecular formula is C27H46. The largest absolute Gasteiger partial charge is 0.100 e. The molecule has 0 spiro atoms. The van der Waals surface area contributed by atoms with Gasteiger partial charge in [0.1, 0.15) is 0 Å². The second-order valence-electron chi connectivity index (χ2n) is 12.6. The van der Waals surface area contributed by atoms with Crippen LogP contribution in [0.2, 0.25) is 0 Å². The minimum absolute atomic E-state index is 0.613. The van der Waals surface area contributed by atoms with Gasteiger partial charge in [-0.25, -0.2) is 0 Å². The zero-order valence-electron chi connectivity index (χ0n) is 19.2. The quantitative estimate of drug-likeness (QED) is 0.437. The maximum absolute atomic E-state index is 4.16. The van der Waals surface area contributed by atoms with Gasteiger partial charge in [-0.05, 0) is 116 Å². The molecule has 9 unspecified atom stereocenters. The van der Waals surface area contributed by atoms with Gasteiger partial charge in [-0.2, -0.15) is 0 Å². The molecule has 27 heavy (non-hydrogen) atoms. The van der Waals surface area contributed by atoms with Crippen LogP contribution in [0.15, 0.2) is 12.2 Å². The highest BCUT2D eigenvalue weighted by molar-refractivity contribution is 5.13. The molecule has 0 aromatic carbocycles. The highest BCUT2D eigenvalue weighted by Gasteiger charge is 2.63. The maximum Gasteiger partial charge on any atom is -0.0264 e. The van der Waals surface area contributed by atoms with Crippen LogP contribution >= 0.6 is 0 Å². The third-order valence-corrected chi connectivity index (χ3v) is 11.0. The number of fused-ring (bicyclic) bond motifs is 6. The molecule has 0 aliphatic heterocycles. The fraction of sp³-hybridized carbons (Fsp3) is 0.926. The van der Waals surface area contributed by atoms with Crippen molar-refractivity contribution < 1.29 is 0 Å². The molecule has 0 amide bonds. The molecule has 0 aromatic heterocycles. The number of hydrogen-bond acceptors (Lipinski definition) is 0. The van der Waals surface area contributed by atoms with Crippen molar-refractivity contribution >= 4 is 0 Å². The Morgan fingerprint density at radius 3 is 2.41 bits per heavy atom. The van der Waals surface area contributed by atoms with Crippen LogP contribution in [-0.2, 0) is 0 Å². The number of hydrogen-bond donors (Lipinski definition) is 0. The molecular weight excluding hydrogens is 324 g/mol. The SMILES string of the molecule is C=C(C)CCC(C)C1CCC2C3C(C)C4(C)CCCC(C)(C4)C3CCC12C. The molecule has 4 rings (SSSR count). The smallest absolute Gasteiger partial charge is 0.0264 e. The van der Waals surface area contributed by atoms with Crippen LogP contribution in [0.5, 0.6) is 0 Å². The lowest BCUT2D eigenvalue weighted by Gasteiger charge is -2.66. The predicted octanol–water partition coefficient (Wildman–Crippen LogP) is 8.27. The lowest BCUT2D eigenvalue weighted by molar-refractivity contribution is -0.168. The van der Waals surface area contributed by atoms with Gasteiger partial charge >= 0.3 is 0 Å². The van der Waals surface area contributed by atoms with E-state index in [1.807, 2.05) is 0 Å². The number of rotatable bonds is 4. The van der Waals surface area contributed by atoms with E-state index in [-0.39, 0.29) is 0 Å². The van der Waals surface area contributed by atoms with Gasteiger partial charge in [0.05, 0.1) is 0 Å². The number of allylic oxidation sites excluding steroid dienone is 1.